The lowest BCUT2D eigenvalue weighted by molar-refractivity contribution is -0.129. The monoisotopic (exact) mass is 106 g/mol. The van der Waals surface area contributed by atoms with Gasteiger partial charge in [-0.2, -0.15) is 4.39 Å². The fourth-order valence-electron chi connectivity index (χ4n) is 0.218. The molecule has 3 heteroatoms. The molecule has 0 amide bonds. The first-order valence-electron chi connectivity index (χ1n) is 2.06. The number of carbonyl (C=O) groups is 1. The number of rotatable bonds is 3. The second-order valence-corrected chi connectivity index (χ2v) is 1.18. The Balaban J connectivity index is 2.82. The summed E-state index contributed by atoms with van der Waals surface area (Å²) in [5.41, 5.74) is 0. The van der Waals surface area contributed by atoms with Crippen LogP contribution < -0.4 is 0 Å². The zero-order valence-corrected chi connectivity index (χ0v) is 3.85. The summed E-state index contributed by atoms with van der Waals surface area (Å²) in [5.74, 6) is 0. The molecule has 0 aliphatic rings. The summed E-state index contributed by atoms with van der Waals surface area (Å²) in [6.45, 7) is -0.115. The van der Waals surface area contributed by atoms with Crippen molar-refractivity contribution in [2.75, 3.05) is 6.61 Å². The van der Waals surface area contributed by atoms with Gasteiger partial charge in [0.1, 0.15) is 0 Å². The molecule has 2 nitrogen and oxygen atoms in total. The van der Waals surface area contributed by atoms with E-state index < -0.39 is 6.04 Å². The fourth-order valence-corrected chi connectivity index (χ4v) is 0.218. The van der Waals surface area contributed by atoms with Crippen molar-refractivity contribution in [2.45, 2.75) is 12.8 Å². The van der Waals surface area contributed by atoms with Crippen LogP contribution in [0, 0.1) is 0 Å². The normalized spacial score (nSPS) is 8.86. The van der Waals surface area contributed by atoms with Crippen LogP contribution in [0.15, 0.2) is 0 Å². The average molecular weight is 106 g/mol. The van der Waals surface area contributed by atoms with Gasteiger partial charge in [0.25, 0.3) is 0 Å². The van der Waals surface area contributed by atoms with E-state index in [0.29, 0.717) is 0 Å². The molecule has 0 heterocycles. The standard InChI is InChI=1S/C4H7FO2/c5-4(7)2-1-3-6/h6H,1-3H2. The van der Waals surface area contributed by atoms with Crippen molar-refractivity contribution in [3.63, 3.8) is 0 Å². The van der Waals surface area contributed by atoms with Gasteiger partial charge >= 0.3 is 6.04 Å². The Morgan fingerprint density at radius 2 is 2.29 bits per heavy atom. The molecule has 0 aromatic rings. The van der Waals surface area contributed by atoms with E-state index >= 15 is 0 Å². The molecule has 1 N–H and O–H groups in total. The molecule has 0 atom stereocenters. The molecule has 0 spiro atoms. The van der Waals surface area contributed by atoms with Crippen molar-refractivity contribution >= 4 is 6.04 Å². The third-order valence-corrected chi connectivity index (χ3v) is 0.531. The molecule has 0 radical (unpaired) electrons. The third-order valence-electron chi connectivity index (χ3n) is 0.531. The number of hydrogen-bond donors (Lipinski definition) is 1. The minimum atomic E-state index is -1.35. The van der Waals surface area contributed by atoms with Gasteiger partial charge in [-0.05, 0) is 6.42 Å². The van der Waals surface area contributed by atoms with Crippen LogP contribution in [0.1, 0.15) is 12.8 Å². The highest BCUT2D eigenvalue weighted by Gasteiger charge is 1.93. The lowest BCUT2D eigenvalue weighted by Crippen LogP contribution is -1.89. The molecule has 7 heavy (non-hydrogen) atoms. The van der Waals surface area contributed by atoms with Crippen molar-refractivity contribution in [2.24, 2.45) is 0 Å². The summed E-state index contributed by atoms with van der Waals surface area (Å²) in [6.07, 6.45) is 0.0752. The Morgan fingerprint density at radius 1 is 1.71 bits per heavy atom. The fraction of sp³-hybridized carbons (Fsp3) is 0.750. The van der Waals surface area contributed by atoms with Gasteiger partial charge in [0.15, 0.2) is 0 Å². The van der Waals surface area contributed by atoms with Gasteiger partial charge in [-0.1, -0.05) is 0 Å². The van der Waals surface area contributed by atoms with Gasteiger partial charge in [-0.15, -0.1) is 0 Å². The van der Waals surface area contributed by atoms with E-state index in [1.807, 2.05) is 0 Å². The van der Waals surface area contributed by atoms with Crippen LogP contribution in [-0.4, -0.2) is 17.8 Å². The zero-order valence-electron chi connectivity index (χ0n) is 3.85. The van der Waals surface area contributed by atoms with Crippen LogP contribution >= 0.6 is 0 Å². The Labute approximate surface area is 41.0 Å². The number of aliphatic hydroxyl groups excluding tert-OH is 1. The first-order valence-corrected chi connectivity index (χ1v) is 2.06. The summed E-state index contributed by atoms with van der Waals surface area (Å²) in [5, 5.41) is 8.00. The van der Waals surface area contributed by atoms with Gasteiger partial charge in [0.2, 0.25) is 0 Å². The molecule has 0 rings (SSSR count). The van der Waals surface area contributed by atoms with Crippen LogP contribution in [0.2, 0.25) is 0 Å². The van der Waals surface area contributed by atoms with Crippen molar-refractivity contribution in [1.82, 2.24) is 0 Å². The molecule has 0 saturated heterocycles. The van der Waals surface area contributed by atoms with Gasteiger partial charge in [0, 0.05) is 13.0 Å². The molecule has 0 aromatic carbocycles. The highest BCUT2D eigenvalue weighted by atomic mass is 19.1. The number of carbonyl (C=O) groups excluding carboxylic acids is 1. The van der Waals surface area contributed by atoms with Crippen LogP contribution in [0.25, 0.3) is 0 Å². The van der Waals surface area contributed by atoms with Crippen LogP contribution in [-0.2, 0) is 4.79 Å². The summed E-state index contributed by atoms with van der Waals surface area (Å²) >= 11 is 0. The molecule has 0 aliphatic heterocycles. The predicted octanol–water partition coefficient (Wildman–Crippen LogP) is 0.255. The number of halogens is 1. The van der Waals surface area contributed by atoms with E-state index in [4.69, 9.17) is 5.11 Å². The second-order valence-electron chi connectivity index (χ2n) is 1.18. The van der Waals surface area contributed by atoms with E-state index in [2.05, 4.69) is 0 Å². The number of hydrogen-bond acceptors (Lipinski definition) is 2. The van der Waals surface area contributed by atoms with E-state index in [9.17, 15) is 9.18 Å². The summed E-state index contributed by atoms with van der Waals surface area (Å²) in [6, 6.07) is -1.35. The molecule has 0 saturated carbocycles. The van der Waals surface area contributed by atoms with Crippen LogP contribution in [0.5, 0.6) is 0 Å². The summed E-state index contributed by atoms with van der Waals surface area (Å²) in [4.78, 5) is 9.42. The minimum absolute atomic E-state index is 0.115. The lowest BCUT2D eigenvalue weighted by Gasteiger charge is -1.83. The summed E-state index contributed by atoms with van der Waals surface area (Å²) < 4.78 is 11.1. The van der Waals surface area contributed by atoms with Gasteiger partial charge in [-0.25, -0.2) is 0 Å². The quantitative estimate of drug-likeness (QED) is 0.524. The van der Waals surface area contributed by atoms with Gasteiger partial charge in [-0.3, -0.25) is 4.79 Å². The Morgan fingerprint density at radius 3 is 2.43 bits per heavy atom. The molecule has 0 unspecified atom stereocenters. The Hall–Kier alpha value is -0.440. The van der Waals surface area contributed by atoms with Gasteiger partial charge in [0.05, 0.1) is 0 Å². The maximum Gasteiger partial charge on any atom is 0.301 e. The Kier molecular flexibility index (Phi) is 3.50. The van der Waals surface area contributed by atoms with Crippen molar-refractivity contribution < 1.29 is 14.3 Å². The first-order chi connectivity index (χ1) is 3.27. The molecule has 0 bridgehead atoms. The Bertz CT molecular complexity index is 62.7. The van der Waals surface area contributed by atoms with E-state index in [1.54, 1.807) is 0 Å². The first kappa shape index (κ1) is 6.56. The van der Waals surface area contributed by atoms with E-state index in [1.165, 1.54) is 0 Å². The second kappa shape index (κ2) is 3.74. The molecule has 42 valence electrons. The van der Waals surface area contributed by atoms with Crippen molar-refractivity contribution in [1.29, 1.82) is 0 Å². The van der Waals surface area contributed by atoms with Crippen LogP contribution in [0.3, 0.4) is 0 Å². The lowest BCUT2D eigenvalue weighted by atomic mass is 10.3. The maximum atomic E-state index is 11.1. The predicted molar refractivity (Wildman–Crippen MR) is 22.4 cm³/mol. The topological polar surface area (TPSA) is 37.3 Å². The zero-order chi connectivity index (χ0) is 5.70. The molecular formula is C4H7FO2. The smallest absolute Gasteiger partial charge is 0.301 e. The number of aliphatic hydroxyl groups is 1. The van der Waals surface area contributed by atoms with E-state index in [-0.39, 0.29) is 19.4 Å². The SMILES string of the molecule is O=C(F)CCCO. The highest BCUT2D eigenvalue weighted by molar-refractivity contribution is 5.67. The van der Waals surface area contributed by atoms with Gasteiger partial charge < -0.3 is 5.11 Å². The molecule has 0 aliphatic carbocycles. The van der Waals surface area contributed by atoms with Crippen molar-refractivity contribution in [3.8, 4) is 0 Å². The minimum Gasteiger partial charge on any atom is -0.396 e. The van der Waals surface area contributed by atoms with Crippen LogP contribution in [0.4, 0.5) is 4.39 Å². The highest BCUT2D eigenvalue weighted by Crippen LogP contribution is 1.87. The maximum absolute atomic E-state index is 11.1. The van der Waals surface area contributed by atoms with Crippen molar-refractivity contribution in [3.05, 3.63) is 0 Å². The molecular weight excluding hydrogens is 99.0 g/mol. The molecule has 0 fully saturated rings. The molecule has 0 aromatic heterocycles. The largest absolute Gasteiger partial charge is 0.396 e. The summed E-state index contributed by atoms with van der Waals surface area (Å²) in [7, 11) is 0. The average Bonchev–Trinajstić information content (AvgIpc) is 1.61. The third kappa shape index (κ3) is 5.56. The van der Waals surface area contributed by atoms with E-state index in [0.717, 1.165) is 0 Å².